The molecule has 0 saturated carbocycles. The van der Waals surface area contributed by atoms with E-state index in [1.54, 1.807) is 32.1 Å². The number of nitrogens with zero attached hydrogens (tertiary/aromatic N) is 4. The maximum absolute atomic E-state index is 12.7. The van der Waals surface area contributed by atoms with Gasteiger partial charge in [0.05, 0.1) is 27.0 Å². The molecular formula is C22H25N5O4. The summed E-state index contributed by atoms with van der Waals surface area (Å²) in [7, 11) is 4.74. The van der Waals surface area contributed by atoms with E-state index in [0.29, 0.717) is 29.0 Å². The van der Waals surface area contributed by atoms with E-state index in [2.05, 4.69) is 20.4 Å². The second-order valence-corrected chi connectivity index (χ2v) is 7.46. The van der Waals surface area contributed by atoms with Gasteiger partial charge in [0.15, 0.2) is 11.5 Å². The third-order valence-corrected chi connectivity index (χ3v) is 5.37. The minimum atomic E-state index is -0.279. The molecule has 0 fully saturated rings. The molecule has 1 N–H and O–H groups in total. The van der Waals surface area contributed by atoms with E-state index < -0.39 is 0 Å². The number of hydrogen-bond acceptors (Lipinski definition) is 7. The number of ether oxygens (including phenoxy) is 3. The summed E-state index contributed by atoms with van der Waals surface area (Å²) in [5, 5.41) is 7.63. The zero-order valence-corrected chi connectivity index (χ0v) is 18.4. The Kier molecular flexibility index (Phi) is 5.26. The molecular weight excluding hydrogens is 398 g/mol. The maximum Gasteiger partial charge on any atom is 0.252 e. The van der Waals surface area contributed by atoms with Crippen molar-refractivity contribution in [1.29, 1.82) is 0 Å². The number of aryl methyl sites for hydroxylation is 3. The smallest absolute Gasteiger partial charge is 0.252 e. The number of rotatable bonds is 5. The molecule has 1 atom stereocenters. The Labute approximate surface area is 180 Å². The fourth-order valence-corrected chi connectivity index (χ4v) is 4.08. The molecule has 9 heteroatoms. The summed E-state index contributed by atoms with van der Waals surface area (Å²) in [4.78, 5) is 21.7. The van der Waals surface area contributed by atoms with Gasteiger partial charge in [-0.1, -0.05) is 0 Å². The van der Waals surface area contributed by atoms with Crippen LogP contribution < -0.4 is 19.5 Å². The van der Waals surface area contributed by atoms with E-state index in [0.717, 1.165) is 28.2 Å². The van der Waals surface area contributed by atoms with Crippen LogP contribution in [0.15, 0.2) is 18.2 Å². The van der Waals surface area contributed by atoms with E-state index >= 15 is 0 Å². The highest BCUT2D eigenvalue weighted by Gasteiger charge is 2.35. The van der Waals surface area contributed by atoms with Gasteiger partial charge in [0.2, 0.25) is 5.91 Å². The van der Waals surface area contributed by atoms with Crippen molar-refractivity contribution in [3.8, 4) is 23.2 Å². The molecule has 1 amide bonds. The van der Waals surface area contributed by atoms with Gasteiger partial charge in [0.1, 0.15) is 11.6 Å². The number of anilines is 1. The van der Waals surface area contributed by atoms with Crippen LogP contribution in [-0.4, -0.2) is 47.0 Å². The van der Waals surface area contributed by atoms with Crippen LogP contribution >= 0.6 is 0 Å². The molecule has 0 aliphatic carbocycles. The van der Waals surface area contributed by atoms with Crippen LogP contribution in [0.5, 0.6) is 17.2 Å². The number of nitrogens with one attached hydrogen (secondary N) is 1. The molecule has 0 radical (unpaired) electrons. The van der Waals surface area contributed by atoms with Crippen molar-refractivity contribution in [2.24, 2.45) is 0 Å². The summed E-state index contributed by atoms with van der Waals surface area (Å²) in [5.41, 5.74) is 4.14. The number of hydrogen-bond donors (Lipinski definition) is 1. The average Bonchev–Trinajstić information content (AvgIpc) is 3.07. The Morgan fingerprint density at radius 1 is 0.935 bits per heavy atom. The summed E-state index contributed by atoms with van der Waals surface area (Å²) in [6.45, 7) is 5.71. The zero-order chi connectivity index (χ0) is 22.3. The Morgan fingerprint density at radius 3 is 2.16 bits per heavy atom. The highest BCUT2D eigenvalue weighted by molar-refractivity contribution is 5.95. The van der Waals surface area contributed by atoms with E-state index in [1.165, 1.54) is 0 Å². The number of aromatic nitrogens is 4. The minimum absolute atomic E-state index is 0.125. The van der Waals surface area contributed by atoms with Crippen molar-refractivity contribution in [2.75, 3.05) is 26.6 Å². The zero-order valence-electron chi connectivity index (χ0n) is 18.4. The van der Waals surface area contributed by atoms with Crippen LogP contribution in [-0.2, 0) is 4.79 Å². The first-order valence-corrected chi connectivity index (χ1v) is 9.88. The molecule has 1 aromatic carbocycles. The quantitative estimate of drug-likeness (QED) is 0.673. The van der Waals surface area contributed by atoms with Gasteiger partial charge in [-0.15, -0.1) is 0 Å². The molecule has 0 spiro atoms. The van der Waals surface area contributed by atoms with E-state index in [-0.39, 0.29) is 18.2 Å². The number of carbonyl (C=O) groups is 1. The van der Waals surface area contributed by atoms with E-state index in [9.17, 15) is 4.79 Å². The van der Waals surface area contributed by atoms with E-state index in [4.69, 9.17) is 14.2 Å². The van der Waals surface area contributed by atoms with Gasteiger partial charge in [-0.3, -0.25) is 4.79 Å². The molecule has 9 nitrogen and oxygen atoms in total. The van der Waals surface area contributed by atoms with Gasteiger partial charge in [0.25, 0.3) is 5.95 Å². The fourth-order valence-electron chi connectivity index (χ4n) is 4.08. The number of amides is 1. The van der Waals surface area contributed by atoms with Crippen LogP contribution in [0.25, 0.3) is 5.95 Å². The summed E-state index contributed by atoms with van der Waals surface area (Å²) >= 11 is 0. The number of benzene rings is 1. The van der Waals surface area contributed by atoms with Gasteiger partial charge < -0.3 is 19.5 Å². The largest absolute Gasteiger partial charge is 0.496 e. The predicted molar refractivity (Wildman–Crippen MR) is 115 cm³/mol. The van der Waals surface area contributed by atoms with Crippen molar-refractivity contribution >= 4 is 11.7 Å². The van der Waals surface area contributed by atoms with Crippen molar-refractivity contribution in [3.63, 3.8) is 0 Å². The van der Waals surface area contributed by atoms with Gasteiger partial charge in [-0.05, 0) is 32.9 Å². The van der Waals surface area contributed by atoms with Crippen LogP contribution in [0, 0.1) is 20.8 Å². The molecule has 0 unspecified atom stereocenters. The predicted octanol–water partition coefficient (Wildman–Crippen LogP) is 3.09. The number of methoxy groups -OCH3 is 3. The van der Waals surface area contributed by atoms with Gasteiger partial charge in [0, 0.05) is 40.9 Å². The summed E-state index contributed by atoms with van der Waals surface area (Å²) < 4.78 is 18.1. The second-order valence-electron chi connectivity index (χ2n) is 7.46. The van der Waals surface area contributed by atoms with Crippen molar-refractivity contribution in [2.45, 2.75) is 33.1 Å². The average molecular weight is 423 g/mol. The lowest BCUT2D eigenvalue weighted by atomic mass is 9.85. The third-order valence-electron chi connectivity index (χ3n) is 5.37. The van der Waals surface area contributed by atoms with Crippen molar-refractivity contribution in [3.05, 3.63) is 46.4 Å². The Morgan fingerprint density at radius 2 is 1.55 bits per heavy atom. The molecule has 3 heterocycles. The van der Waals surface area contributed by atoms with Gasteiger partial charge in [-0.2, -0.15) is 9.78 Å². The molecule has 1 aliphatic heterocycles. The first-order valence-electron chi connectivity index (χ1n) is 9.88. The summed E-state index contributed by atoms with van der Waals surface area (Å²) in [5.74, 6) is 2.31. The molecule has 4 rings (SSSR count). The summed E-state index contributed by atoms with van der Waals surface area (Å²) in [6, 6.07) is 5.52. The lowest BCUT2D eigenvalue weighted by Crippen LogP contribution is -2.25. The first kappa shape index (κ1) is 20.6. The maximum atomic E-state index is 12.7. The number of fused-ring (bicyclic) bond motifs is 1. The lowest BCUT2D eigenvalue weighted by Gasteiger charge is -2.26. The van der Waals surface area contributed by atoms with E-state index in [1.807, 2.05) is 32.9 Å². The highest BCUT2D eigenvalue weighted by atomic mass is 16.5. The molecule has 162 valence electrons. The first-order chi connectivity index (χ1) is 14.9. The third kappa shape index (κ3) is 3.56. The second kappa shape index (κ2) is 7.90. The molecule has 3 aromatic rings. The minimum Gasteiger partial charge on any atom is -0.496 e. The van der Waals surface area contributed by atoms with Gasteiger partial charge in [-0.25, -0.2) is 9.97 Å². The van der Waals surface area contributed by atoms with Gasteiger partial charge >= 0.3 is 0 Å². The number of carbonyl (C=O) groups excluding carboxylic acids is 1. The Bertz CT molecular complexity index is 1150. The molecule has 0 saturated heterocycles. The molecule has 0 bridgehead atoms. The fraction of sp³-hybridized carbons (Fsp3) is 0.364. The normalized spacial score (nSPS) is 15.3. The van der Waals surface area contributed by atoms with Crippen molar-refractivity contribution < 1.29 is 19.0 Å². The Hall–Kier alpha value is -3.62. The van der Waals surface area contributed by atoms with Crippen LogP contribution in [0.3, 0.4) is 0 Å². The standard InChI is InChI=1S/C22H25N5O4/c1-11-7-12(2)24-22(23-11)27-21-20(13(3)26-27)15(9-19(28)25-21)14-8-17(30-5)18(31-6)10-16(14)29-4/h7-8,10,15H,9H2,1-6H3,(H,25,28)/t15-/m1/s1. The van der Waals surface area contributed by atoms with Crippen molar-refractivity contribution in [1.82, 2.24) is 19.7 Å². The van der Waals surface area contributed by atoms with Crippen LogP contribution in [0.4, 0.5) is 5.82 Å². The lowest BCUT2D eigenvalue weighted by molar-refractivity contribution is -0.116. The van der Waals surface area contributed by atoms with Crippen LogP contribution in [0.1, 0.15) is 40.5 Å². The molecule has 2 aromatic heterocycles. The monoisotopic (exact) mass is 423 g/mol. The molecule has 1 aliphatic rings. The van der Waals surface area contributed by atoms with Crippen LogP contribution in [0.2, 0.25) is 0 Å². The SMILES string of the molecule is COc1cc(OC)c([C@H]2CC(=O)Nc3c2c(C)nn3-c2nc(C)cc(C)n2)cc1OC. The summed E-state index contributed by atoms with van der Waals surface area (Å²) in [6.07, 6.45) is 0.249. The Balaban J connectivity index is 1.92. The highest BCUT2D eigenvalue weighted by Crippen LogP contribution is 2.46. The topological polar surface area (TPSA) is 100 Å². The molecule has 31 heavy (non-hydrogen) atoms.